The summed E-state index contributed by atoms with van der Waals surface area (Å²) in [6.07, 6.45) is 5.55. The quantitative estimate of drug-likeness (QED) is 0.750. The zero-order chi connectivity index (χ0) is 14.4. The smallest absolute Gasteiger partial charge is 0.243 e. The number of nitrogens with one attached hydrogen (secondary N) is 1. The molecule has 0 radical (unpaired) electrons. The molecule has 2 rings (SSSR count). The molecule has 20 heavy (non-hydrogen) atoms. The van der Waals surface area contributed by atoms with Crippen molar-refractivity contribution in [1.29, 1.82) is 0 Å². The van der Waals surface area contributed by atoms with Gasteiger partial charge < -0.3 is 10.4 Å². The Bertz CT molecular complexity index is 475. The van der Waals surface area contributed by atoms with Crippen molar-refractivity contribution in [3.05, 3.63) is 47.5 Å². The molecule has 0 saturated heterocycles. The number of benzene rings is 1. The van der Waals surface area contributed by atoms with Gasteiger partial charge in [0, 0.05) is 18.0 Å². The van der Waals surface area contributed by atoms with Crippen LogP contribution in [0.5, 0.6) is 0 Å². The maximum Gasteiger partial charge on any atom is 0.243 e. The van der Waals surface area contributed by atoms with Gasteiger partial charge in [-0.2, -0.15) is 0 Å². The standard InChI is InChI=1S/C17H23NO2/c1-14(7-8-15-5-3-2-4-6-15)11-16(20)18-12-17(13-19)9-10-17/h2-6,11,19H,7-10,12-13H2,1H3,(H,18,20)/b14-11-. The third kappa shape index (κ3) is 4.49. The number of allylic oxidation sites excluding steroid dienone is 1. The van der Waals surface area contributed by atoms with Crippen molar-refractivity contribution in [2.24, 2.45) is 5.41 Å². The molecular weight excluding hydrogens is 250 g/mol. The van der Waals surface area contributed by atoms with Gasteiger partial charge in [-0.1, -0.05) is 35.9 Å². The number of rotatable bonds is 7. The number of aryl methyl sites for hydroxylation is 1. The first-order valence-corrected chi connectivity index (χ1v) is 7.23. The van der Waals surface area contributed by atoms with Crippen LogP contribution < -0.4 is 5.32 Å². The molecule has 0 aliphatic heterocycles. The summed E-state index contributed by atoms with van der Waals surface area (Å²) in [6, 6.07) is 10.3. The average molecular weight is 273 g/mol. The van der Waals surface area contributed by atoms with E-state index in [1.54, 1.807) is 6.08 Å². The van der Waals surface area contributed by atoms with Gasteiger partial charge in [-0.3, -0.25) is 4.79 Å². The molecule has 1 aliphatic rings. The van der Waals surface area contributed by atoms with E-state index in [-0.39, 0.29) is 17.9 Å². The number of hydrogen-bond acceptors (Lipinski definition) is 2. The van der Waals surface area contributed by atoms with Crippen molar-refractivity contribution >= 4 is 5.91 Å². The topological polar surface area (TPSA) is 49.3 Å². The first kappa shape index (κ1) is 14.8. The number of amides is 1. The number of hydrogen-bond donors (Lipinski definition) is 2. The molecule has 3 nitrogen and oxygen atoms in total. The van der Waals surface area contributed by atoms with Crippen LogP contribution in [0.25, 0.3) is 0 Å². The zero-order valence-corrected chi connectivity index (χ0v) is 12.1. The van der Waals surface area contributed by atoms with Gasteiger partial charge in [-0.05, 0) is 38.2 Å². The van der Waals surface area contributed by atoms with Crippen LogP contribution in [0.4, 0.5) is 0 Å². The molecule has 0 heterocycles. The molecule has 0 aromatic heterocycles. The van der Waals surface area contributed by atoms with E-state index in [9.17, 15) is 9.90 Å². The summed E-state index contributed by atoms with van der Waals surface area (Å²) < 4.78 is 0. The fourth-order valence-electron chi connectivity index (χ4n) is 2.18. The van der Waals surface area contributed by atoms with Crippen molar-refractivity contribution in [3.8, 4) is 0 Å². The summed E-state index contributed by atoms with van der Waals surface area (Å²) in [4.78, 5) is 11.8. The molecule has 2 N–H and O–H groups in total. The van der Waals surface area contributed by atoms with E-state index in [0.717, 1.165) is 31.3 Å². The second-order valence-corrected chi connectivity index (χ2v) is 5.85. The minimum absolute atomic E-state index is 0.0263. The van der Waals surface area contributed by atoms with Crippen LogP contribution in [0.1, 0.15) is 31.7 Å². The first-order valence-electron chi connectivity index (χ1n) is 7.23. The molecule has 0 atom stereocenters. The Hall–Kier alpha value is -1.61. The van der Waals surface area contributed by atoms with Gasteiger partial charge in [-0.25, -0.2) is 0 Å². The molecule has 0 unspecified atom stereocenters. The normalized spacial score (nSPS) is 16.8. The maximum atomic E-state index is 11.8. The Labute approximate surface area is 120 Å². The van der Waals surface area contributed by atoms with E-state index in [4.69, 9.17) is 0 Å². The molecule has 1 aliphatic carbocycles. The molecule has 1 saturated carbocycles. The summed E-state index contributed by atoms with van der Waals surface area (Å²) in [6.45, 7) is 2.75. The number of carbonyl (C=O) groups is 1. The minimum Gasteiger partial charge on any atom is -0.396 e. The Balaban J connectivity index is 1.73. The molecule has 1 aromatic carbocycles. The molecular formula is C17H23NO2. The van der Waals surface area contributed by atoms with Crippen LogP contribution in [-0.2, 0) is 11.2 Å². The van der Waals surface area contributed by atoms with Gasteiger partial charge in [0.05, 0.1) is 6.61 Å². The summed E-state index contributed by atoms with van der Waals surface area (Å²) in [5, 5.41) is 12.1. The summed E-state index contributed by atoms with van der Waals surface area (Å²) in [5.41, 5.74) is 2.35. The minimum atomic E-state index is -0.0460. The molecule has 1 fully saturated rings. The fraction of sp³-hybridized carbons (Fsp3) is 0.471. The number of aliphatic hydroxyl groups is 1. The van der Waals surface area contributed by atoms with Crippen LogP contribution in [0, 0.1) is 5.41 Å². The predicted molar refractivity (Wildman–Crippen MR) is 80.3 cm³/mol. The van der Waals surface area contributed by atoms with Gasteiger partial charge in [0.15, 0.2) is 0 Å². The van der Waals surface area contributed by atoms with Gasteiger partial charge in [0.1, 0.15) is 0 Å². The van der Waals surface area contributed by atoms with Crippen LogP contribution >= 0.6 is 0 Å². The van der Waals surface area contributed by atoms with Crippen molar-refractivity contribution in [2.45, 2.75) is 32.6 Å². The van der Waals surface area contributed by atoms with E-state index < -0.39 is 0 Å². The number of aliphatic hydroxyl groups excluding tert-OH is 1. The van der Waals surface area contributed by atoms with Crippen LogP contribution in [0.3, 0.4) is 0 Å². The van der Waals surface area contributed by atoms with Crippen molar-refractivity contribution in [1.82, 2.24) is 5.32 Å². The SMILES string of the molecule is C/C(=C/C(=O)NCC1(CO)CC1)CCc1ccccc1. The van der Waals surface area contributed by atoms with Crippen molar-refractivity contribution < 1.29 is 9.90 Å². The van der Waals surface area contributed by atoms with Crippen molar-refractivity contribution in [2.75, 3.05) is 13.2 Å². The van der Waals surface area contributed by atoms with Crippen LogP contribution in [-0.4, -0.2) is 24.2 Å². The summed E-state index contributed by atoms with van der Waals surface area (Å²) in [7, 11) is 0. The highest BCUT2D eigenvalue weighted by atomic mass is 16.3. The molecule has 1 amide bonds. The lowest BCUT2D eigenvalue weighted by atomic mass is 10.1. The van der Waals surface area contributed by atoms with Gasteiger partial charge >= 0.3 is 0 Å². The van der Waals surface area contributed by atoms with E-state index in [2.05, 4.69) is 17.4 Å². The average Bonchev–Trinajstić information content (AvgIpc) is 3.25. The zero-order valence-electron chi connectivity index (χ0n) is 12.1. The molecule has 108 valence electrons. The Morgan fingerprint density at radius 1 is 1.35 bits per heavy atom. The van der Waals surface area contributed by atoms with Crippen molar-refractivity contribution in [3.63, 3.8) is 0 Å². The van der Waals surface area contributed by atoms with Gasteiger partial charge in [-0.15, -0.1) is 0 Å². The second kappa shape index (κ2) is 6.71. The molecule has 3 heteroatoms. The lowest BCUT2D eigenvalue weighted by Crippen LogP contribution is -2.30. The number of carbonyl (C=O) groups excluding carboxylic acids is 1. The summed E-state index contributed by atoms with van der Waals surface area (Å²) in [5.74, 6) is -0.0460. The highest BCUT2D eigenvalue weighted by Gasteiger charge is 2.41. The molecule has 0 spiro atoms. The third-order valence-corrected chi connectivity index (χ3v) is 3.96. The fourth-order valence-corrected chi connectivity index (χ4v) is 2.18. The van der Waals surface area contributed by atoms with Crippen LogP contribution in [0.15, 0.2) is 42.0 Å². The lowest BCUT2D eigenvalue weighted by Gasteiger charge is -2.11. The third-order valence-electron chi connectivity index (χ3n) is 3.96. The highest BCUT2D eigenvalue weighted by Crippen LogP contribution is 2.44. The first-order chi connectivity index (χ1) is 9.63. The Morgan fingerprint density at radius 2 is 2.05 bits per heavy atom. The second-order valence-electron chi connectivity index (χ2n) is 5.85. The largest absolute Gasteiger partial charge is 0.396 e. The van der Waals surface area contributed by atoms with E-state index >= 15 is 0 Å². The summed E-state index contributed by atoms with van der Waals surface area (Å²) >= 11 is 0. The lowest BCUT2D eigenvalue weighted by molar-refractivity contribution is -0.116. The van der Waals surface area contributed by atoms with Crippen LogP contribution in [0.2, 0.25) is 0 Å². The van der Waals surface area contributed by atoms with Gasteiger partial charge in [0.2, 0.25) is 5.91 Å². The Morgan fingerprint density at radius 3 is 2.65 bits per heavy atom. The van der Waals surface area contributed by atoms with Gasteiger partial charge in [0.25, 0.3) is 0 Å². The monoisotopic (exact) mass is 273 g/mol. The van der Waals surface area contributed by atoms with E-state index in [1.807, 2.05) is 25.1 Å². The highest BCUT2D eigenvalue weighted by molar-refractivity contribution is 5.88. The van der Waals surface area contributed by atoms with E-state index in [1.165, 1.54) is 5.56 Å². The molecule has 0 bridgehead atoms. The predicted octanol–water partition coefficient (Wildman–Crippen LogP) is 2.45. The Kier molecular flexibility index (Phi) is 4.96. The molecule has 1 aromatic rings. The van der Waals surface area contributed by atoms with E-state index in [0.29, 0.717) is 6.54 Å². The maximum absolute atomic E-state index is 11.8.